The molecule has 21 heavy (non-hydrogen) atoms. The minimum absolute atomic E-state index is 0.00520. The van der Waals surface area contributed by atoms with Crippen LogP contribution in [0.1, 0.15) is 31.1 Å². The molecule has 3 N–H and O–H groups in total. The molecule has 0 aliphatic rings. The lowest BCUT2D eigenvalue weighted by atomic mass is 10.0. The minimum atomic E-state index is -0.00520. The molecule has 0 aliphatic carbocycles. The third-order valence-electron chi connectivity index (χ3n) is 3.04. The molecular weight excluding hydrogens is 330 g/mol. The Morgan fingerprint density at radius 1 is 1.29 bits per heavy atom. The van der Waals surface area contributed by atoms with Crippen LogP contribution in [-0.4, -0.2) is 11.1 Å². The maximum absolute atomic E-state index is 5.73. The van der Waals surface area contributed by atoms with E-state index in [0.29, 0.717) is 0 Å². The van der Waals surface area contributed by atoms with E-state index < -0.39 is 0 Å². The van der Waals surface area contributed by atoms with Gasteiger partial charge in [0.15, 0.2) is 0 Å². The fourth-order valence-electron chi connectivity index (χ4n) is 2.09. The Balaban J connectivity index is 2.15. The Morgan fingerprint density at radius 2 is 2.10 bits per heavy atom. The van der Waals surface area contributed by atoms with Crippen LogP contribution >= 0.6 is 15.9 Å². The highest BCUT2D eigenvalue weighted by Gasteiger charge is 2.12. The third kappa shape index (κ3) is 4.81. The minimum Gasteiger partial charge on any atom is -0.491 e. The molecule has 0 saturated carbocycles. The number of pyridine rings is 1. The summed E-state index contributed by atoms with van der Waals surface area (Å²) in [5.74, 6) is 6.56. The predicted octanol–water partition coefficient (Wildman–Crippen LogP) is 3.38. The monoisotopic (exact) mass is 349 g/mol. The SMILES string of the molecule is CC(C)Oc1cccc(C(Cc2ccc(Br)cn2)NN)c1. The van der Waals surface area contributed by atoms with Gasteiger partial charge in [-0.3, -0.25) is 16.3 Å². The van der Waals surface area contributed by atoms with E-state index in [2.05, 4.69) is 26.3 Å². The van der Waals surface area contributed by atoms with Gasteiger partial charge in [-0.05, 0) is 59.6 Å². The number of nitrogens with zero attached hydrogens (tertiary/aromatic N) is 1. The van der Waals surface area contributed by atoms with E-state index in [1.165, 1.54) is 0 Å². The first-order valence-corrected chi connectivity index (χ1v) is 7.71. The number of ether oxygens (including phenoxy) is 1. The van der Waals surface area contributed by atoms with Gasteiger partial charge in [0.2, 0.25) is 0 Å². The molecule has 0 radical (unpaired) electrons. The van der Waals surface area contributed by atoms with Gasteiger partial charge in [0, 0.05) is 22.8 Å². The van der Waals surface area contributed by atoms with Gasteiger partial charge >= 0.3 is 0 Å². The molecule has 1 atom stereocenters. The van der Waals surface area contributed by atoms with Crippen LogP contribution in [-0.2, 0) is 6.42 Å². The van der Waals surface area contributed by atoms with Crippen LogP contribution in [0, 0.1) is 0 Å². The number of benzene rings is 1. The lowest BCUT2D eigenvalue weighted by Gasteiger charge is -2.18. The average Bonchev–Trinajstić information content (AvgIpc) is 2.46. The zero-order chi connectivity index (χ0) is 15.2. The van der Waals surface area contributed by atoms with Gasteiger partial charge in [-0.1, -0.05) is 12.1 Å². The van der Waals surface area contributed by atoms with Crippen molar-refractivity contribution in [3.05, 3.63) is 58.3 Å². The van der Waals surface area contributed by atoms with Gasteiger partial charge in [0.1, 0.15) is 5.75 Å². The van der Waals surface area contributed by atoms with Gasteiger partial charge in [-0.2, -0.15) is 0 Å². The van der Waals surface area contributed by atoms with Crippen molar-refractivity contribution in [2.45, 2.75) is 32.4 Å². The Bertz CT molecular complexity index is 572. The summed E-state index contributed by atoms with van der Waals surface area (Å²) in [6.07, 6.45) is 2.66. The number of rotatable bonds is 6. The Kier molecular flexibility index (Phi) is 5.73. The molecule has 0 saturated heterocycles. The molecule has 0 bridgehead atoms. The molecule has 0 aliphatic heterocycles. The predicted molar refractivity (Wildman–Crippen MR) is 87.9 cm³/mol. The molecule has 4 nitrogen and oxygen atoms in total. The number of aromatic nitrogens is 1. The van der Waals surface area contributed by atoms with Crippen LogP contribution in [0.5, 0.6) is 5.75 Å². The molecule has 1 unspecified atom stereocenters. The standard InChI is InChI=1S/C16H20BrN3O/c1-11(2)21-15-5-3-4-12(8-15)16(20-18)9-14-7-6-13(17)10-19-14/h3-8,10-11,16,20H,9,18H2,1-2H3. The summed E-state index contributed by atoms with van der Waals surface area (Å²) in [5, 5.41) is 0. The second-order valence-corrected chi connectivity index (χ2v) is 6.05. The molecule has 1 aromatic heterocycles. The van der Waals surface area contributed by atoms with E-state index in [4.69, 9.17) is 10.6 Å². The van der Waals surface area contributed by atoms with Crippen molar-refractivity contribution < 1.29 is 4.74 Å². The Morgan fingerprint density at radius 3 is 2.71 bits per heavy atom. The number of nitrogens with one attached hydrogen (secondary N) is 1. The summed E-state index contributed by atoms with van der Waals surface area (Å²) < 4.78 is 6.69. The molecule has 112 valence electrons. The zero-order valence-corrected chi connectivity index (χ0v) is 13.8. The normalized spacial score (nSPS) is 12.4. The zero-order valence-electron chi connectivity index (χ0n) is 12.2. The first-order chi connectivity index (χ1) is 10.1. The molecule has 0 amide bonds. The van der Waals surface area contributed by atoms with Crippen molar-refractivity contribution in [2.75, 3.05) is 0 Å². The Labute approximate surface area is 133 Å². The first kappa shape index (κ1) is 15.9. The molecule has 0 fully saturated rings. The lowest BCUT2D eigenvalue weighted by Crippen LogP contribution is -2.29. The van der Waals surface area contributed by atoms with E-state index in [1.807, 2.05) is 50.2 Å². The average molecular weight is 350 g/mol. The van der Waals surface area contributed by atoms with Crippen LogP contribution in [0.15, 0.2) is 47.1 Å². The van der Waals surface area contributed by atoms with Crippen LogP contribution in [0.3, 0.4) is 0 Å². The van der Waals surface area contributed by atoms with E-state index in [1.54, 1.807) is 6.20 Å². The van der Waals surface area contributed by atoms with E-state index >= 15 is 0 Å². The molecule has 2 aromatic rings. The number of hydrazine groups is 1. The van der Waals surface area contributed by atoms with Crippen molar-refractivity contribution in [2.24, 2.45) is 5.84 Å². The number of halogens is 1. The van der Waals surface area contributed by atoms with Gasteiger partial charge in [0.25, 0.3) is 0 Å². The molecule has 0 spiro atoms. The fourth-order valence-corrected chi connectivity index (χ4v) is 2.32. The maximum atomic E-state index is 5.73. The van der Waals surface area contributed by atoms with Crippen molar-refractivity contribution in [3.8, 4) is 5.75 Å². The molecular formula is C16H20BrN3O. The second kappa shape index (κ2) is 7.54. The van der Waals surface area contributed by atoms with E-state index in [0.717, 1.165) is 27.9 Å². The van der Waals surface area contributed by atoms with Crippen LogP contribution in [0.4, 0.5) is 0 Å². The van der Waals surface area contributed by atoms with Crippen molar-refractivity contribution in [1.29, 1.82) is 0 Å². The largest absolute Gasteiger partial charge is 0.491 e. The van der Waals surface area contributed by atoms with Crippen LogP contribution in [0.25, 0.3) is 0 Å². The highest BCUT2D eigenvalue weighted by atomic mass is 79.9. The summed E-state index contributed by atoms with van der Waals surface area (Å²) in [6.45, 7) is 4.02. The topological polar surface area (TPSA) is 60.2 Å². The number of nitrogens with two attached hydrogens (primary N) is 1. The quantitative estimate of drug-likeness (QED) is 0.619. The summed E-state index contributed by atoms with van der Waals surface area (Å²) in [6, 6.07) is 12.0. The molecule has 1 aromatic carbocycles. The summed E-state index contributed by atoms with van der Waals surface area (Å²) in [7, 11) is 0. The summed E-state index contributed by atoms with van der Waals surface area (Å²) >= 11 is 3.39. The van der Waals surface area contributed by atoms with Gasteiger partial charge in [0.05, 0.1) is 12.1 Å². The molecule has 1 heterocycles. The highest BCUT2D eigenvalue weighted by molar-refractivity contribution is 9.10. The first-order valence-electron chi connectivity index (χ1n) is 6.91. The van der Waals surface area contributed by atoms with Gasteiger partial charge in [-0.15, -0.1) is 0 Å². The summed E-state index contributed by atoms with van der Waals surface area (Å²) in [4.78, 5) is 4.39. The smallest absolute Gasteiger partial charge is 0.120 e. The van der Waals surface area contributed by atoms with Crippen molar-refractivity contribution in [1.82, 2.24) is 10.4 Å². The van der Waals surface area contributed by atoms with Crippen molar-refractivity contribution in [3.63, 3.8) is 0 Å². The second-order valence-electron chi connectivity index (χ2n) is 5.13. The van der Waals surface area contributed by atoms with E-state index in [9.17, 15) is 0 Å². The highest BCUT2D eigenvalue weighted by Crippen LogP contribution is 2.22. The van der Waals surface area contributed by atoms with Gasteiger partial charge in [-0.25, -0.2) is 0 Å². The number of hydrogen-bond acceptors (Lipinski definition) is 4. The van der Waals surface area contributed by atoms with Crippen LogP contribution in [0.2, 0.25) is 0 Å². The number of hydrogen-bond donors (Lipinski definition) is 2. The lowest BCUT2D eigenvalue weighted by molar-refractivity contribution is 0.242. The Hall–Kier alpha value is -1.43. The molecule has 5 heteroatoms. The maximum Gasteiger partial charge on any atom is 0.120 e. The van der Waals surface area contributed by atoms with E-state index in [-0.39, 0.29) is 12.1 Å². The van der Waals surface area contributed by atoms with Crippen molar-refractivity contribution >= 4 is 15.9 Å². The summed E-state index contributed by atoms with van der Waals surface area (Å²) in [5.41, 5.74) is 4.92. The third-order valence-corrected chi connectivity index (χ3v) is 3.50. The molecule has 2 rings (SSSR count). The van der Waals surface area contributed by atoms with Crippen LogP contribution < -0.4 is 16.0 Å². The van der Waals surface area contributed by atoms with Gasteiger partial charge < -0.3 is 4.74 Å². The fraction of sp³-hybridized carbons (Fsp3) is 0.312.